The molecular formula is C8H18N2. The third-order valence-electron chi connectivity index (χ3n) is 1.53. The zero-order chi connectivity index (χ0) is 7.82. The number of nitrogens with two attached hydrogens (primary N) is 2. The monoisotopic (exact) mass is 142 g/mol. The maximum Gasteiger partial charge on any atom is 0.0238 e. The van der Waals surface area contributed by atoms with Crippen LogP contribution in [0.5, 0.6) is 0 Å². The highest BCUT2D eigenvalue weighted by atomic mass is 14.6. The van der Waals surface area contributed by atoms with Gasteiger partial charge in [-0.05, 0) is 12.8 Å². The number of rotatable bonds is 5. The van der Waals surface area contributed by atoms with E-state index in [4.69, 9.17) is 11.5 Å². The first-order valence-corrected chi connectivity index (χ1v) is 3.97. The average molecular weight is 142 g/mol. The fraction of sp³-hybridized carbons (Fsp3) is 0.750. The summed E-state index contributed by atoms with van der Waals surface area (Å²) in [4.78, 5) is 0. The minimum atomic E-state index is 0.816. The predicted molar refractivity (Wildman–Crippen MR) is 45.2 cm³/mol. The summed E-state index contributed by atoms with van der Waals surface area (Å²) in [5, 5.41) is 0. The molecule has 0 aliphatic carbocycles. The van der Waals surface area contributed by atoms with Crippen molar-refractivity contribution in [2.75, 3.05) is 0 Å². The van der Waals surface area contributed by atoms with Gasteiger partial charge >= 0.3 is 0 Å². The smallest absolute Gasteiger partial charge is 0.0238 e. The topological polar surface area (TPSA) is 52.0 Å². The van der Waals surface area contributed by atoms with Crippen LogP contribution in [0.1, 0.15) is 39.0 Å². The molecule has 0 aliphatic heterocycles. The van der Waals surface area contributed by atoms with Crippen molar-refractivity contribution < 1.29 is 0 Å². The standard InChI is InChI=1S/C8H18N2/c1-2-3-4-5-6-8(10)7-9/h7H,2-6,9-10H2,1H3/b8-7-. The molecule has 0 spiro atoms. The molecular weight excluding hydrogens is 124 g/mol. The lowest BCUT2D eigenvalue weighted by molar-refractivity contribution is 0.661. The van der Waals surface area contributed by atoms with E-state index in [1.165, 1.54) is 31.9 Å². The summed E-state index contributed by atoms with van der Waals surface area (Å²) in [6.45, 7) is 2.20. The van der Waals surface area contributed by atoms with Crippen LogP contribution in [0.15, 0.2) is 11.9 Å². The van der Waals surface area contributed by atoms with Gasteiger partial charge in [0.15, 0.2) is 0 Å². The number of allylic oxidation sites excluding steroid dienone is 1. The molecule has 2 heteroatoms. The van der Waals surface area contributed by atoms with Crippen molar-refractivity contribution in [1.82, 2.24) is 0 Å². The lowest BCUT2D eigenvalue weighted by Crippen LogP contribution is -2.00. The number of hydrogen-bond donors (Lipinski definition) is 2. The molecule has 0 rings (SSSR count). The van der Waals surface area contributed by atoms with Crippen LogP contribution in [-0.4, -0.2) is 0 Å². The molecule has 0 aliphatic rings. The van der Waals surface area contributed by atoms with Crippen molar-refractivity contribution in [3.8, 4) is 0 Å². The largest absolute Gasteiger partial charge is 0.403 e. The molecule has 0 bridgehead atoms. The Hall–Kier alpha value is -0.660. The minimum absolute atomic E-state index is 0.816. The van der Waals surface area contributed by atoms with E-state index >= 15 is 0 Å². The van der Waals surface area contributed by atoms with Crippen molar-refractivity contribution in [3.63, 3.8) is 0 Å². The summed E-state index contributed by atoms with van der Waals surface area (Å²) in [6, 6.07) is 0. The SMILES string of the molecule is CCCCCC/C(N)=C/N. The second-order valence-corrected chi connectivity index (χ2v) is 2.55. The number of hydrogen-bond acceptors (Lipinski definition) is 2. The lowest BCUT2D eigenvalue weighted by Gasteiger charge is -1.98. The van der Waals surface area contributed by atoms with Crippen LogP contribution in [0, 0.1) is 0 Å². The van der Waals surface area contributed by atoms with Gasteiger partial charge < -0.3 is 11.5 Å². The predicted octanol–water partition coefficient (Wildman–Crippen LogP) is 1.72. The van der Waals surface area contributed by atoms with Gasteiger partial charge in [-0.2, -0.15) is 0 Å². The minimum Gasteiger partial charge on any atom is -0.403 e. The van der Waals surface area contributed by atoms with E-state index in [0.717, 1.165) is 12.1 Å². The van der Waals surface area contributed by atoms with Crippen LogP contribution in [0.3, 0.4) is 0 Å². The first-order chi connectivity index (χ1) is 4.81. The third kappa shape index (κ3) is 5.48. The van der Waals surface area contributed by atoms with Gasteiger partial charge in [0.25, 0.3) is 0 Å². The van der Waals surface area contributed by atoms with Crippen LogP contribution in [-0.2, 0) is 0 Å². The molecule has 60 valence electrons. The van der Waals surface area contributed by atoms with Gasteiger partial charge in [-0.25, -0.2) is 0 Å². The maximum absolute atomic E-state index is 5.49. The summed E-state index contributed by atoms with van der Waals surface area (Å²) in [5.74, 6) is 0. The molecule has 0 heterocycles. The summed E-state index contributed by atoms with van der Waals surface area (Å²) >= 11 is 0. The Morgan fingerprint density at radius 3 is 2.50 bits per heavy atom. The molecule has 2 nitrogen and oxygen atoms in total. The Balaban J connectivity index is 3.04. The van der Waals surface area contributed by atoms with Crippen molar-refractivity contribution in [2.24, 2.45) is 11.5 Å². The van der Waals surface area contributed by atoms with Crippen molar-refractivity contribution in [2.45, 2.75) is 39.0 Å². The van der Waals surface area contributed by atoms with E-state index in [0.29, 0.717) is 0 Å². The van der Waals surface area contributed by atoms with Crippen molar-refractivity contribution in [3.05, 3.63) is 11.9 Å². The summed E-state index contributed by atoms with van der Waals surface area (Å²) in [5.41, 5.74) is 11.5. The zero-order valence-electron chi connectivity index (χ0n) is 6.77. The second kappa shape index (κ2) is 6.46. The molecule has 0 radical (unpaired) electrons. The molecule has 10 heavy (non-hydrogen) atoms. The maximum atomic E-state index is 5.49. The molecule has 0 amide bonds. The van der Waals surface area contributed by atoms with Gasteiger partial charge in [-0.3, -0.25) is 0 Å². The van der Waals surface area contributed by atoms with Crippen LogP contribution in [0.2, 0.25) is 0 Å². The molecule has 0 saturated heterocycles. The Bertz CT molecular complexity index is 97.4. The van der Waals surface area contributed by atoms with Gasteiger partial charge in [0.2, 0.25) is 0 Å². The quantitative estimate of drug-likeness (QED) is 0.574. The highest BCUT2D eigenvalue weighted by Crippen LogP contribution is 2.04. The van der Waals surface area contributed by atoms with E-state index < -0.39 is 0 Å². The summed E-state index contributed by atoms with van der Waals surface area (Å²) in [6.07, 6.45) is 7.46. The van der Waals surface area contributed by atoms with Gasteiger partial charge in [0, 0.05) is 11.9 Å². The molecule has 0 unspecified atom stereocenters. The second-order valence-electron chi connectivity index (χ2n) is 2.55. The Kier molecular flexibility index (Phi) is 6.03. The summed E-state index contributed by atoms with van der Waals surface area (Å²) in [7, 11) is 0. The number of unbranched alkanes of at least 4 members (excludes halogenated alkanes) is 3. The van der Waals surface area contributed by atoms with Gasteiger partial charge in [0.1, 0.15) is 0 Å². The molecule has 4 N–H and O–H groups in total. The van der Waals surface area contributed by atoms with Crippen LogP contribution in [0.25, 0.3) is 0 Å². The fourth-order valence-electron chi connectivity index (χ4n) is 0.839. The first-order valence-electron chi connectivity index (χ1n) is 3.97. The molecule has 0 aromatic carbocycles. The van der Waals surface area contributed by atoms with E-state index in [2.05, 4.69) is 6.92 Å². The van der Waals surface area contributed by atoms with Gasteiger partial charge in [0.05, 0.1) is 0 Å². The first kappa shape index (κ1) is 9.34. The fourth-order valence-corrected chi connectivity index (χ4v) is 0.839. The molecule has 0 saturated carbocycles. The third-order valence-corrected chi connectivity index (χ3v) is 1.53. The normalized spacial score (nSPS) is 11.9. The zero-order valence-corrected chi connectivity index (χ0v) is 6.77. The van der Waals surface area contributed by atoms with Crippen LogP contribution in [0.4, 0.5) is 0 Å². The molecule has 0 aromatic heterocycles. The Morgan fingerprint density at radius 1 is 1.30 bits per heavy atom. The molecule has 0 aromatic rings. The van der Waals surface area contributed by atoms with E-state index in [1.807, 2.05) is 0 Å². The average Bonchev–Trinajstić information content (AvgIpc) is 1.98. The van der Waals surface area contributed by atoms with Gasteiger partial charge in [-0.15, -0.1) is 0 Å². The van der Waals surface area contributed by atoms with E-state index in [-0.39, 0.29) is 0 Å². The van der Waals surface area contributed by atoms with Crippen molar-refractivity contribution >= 4 is 0 Å². The van der Waals surface area contributed by atoms with E-state index in [9.17, 15) is 0 Å². The van der Waals surface area contributed by atoms with Crippen LogP contribution < -0.4 is 11.5 Å². The Labute approximate surface area is 63.3 Å². The lowest BCUT2D eigenvalue weighted by atomic mass is 10.1. The van der Waals surface area contributed by atoms with Crippen LogP contribution >= 0.6 is 0 Å². The summed E-state index contributed by atoms with van der Waals surface area (Å²) < 4.78 is 0. The molecule has 0 fully saturated rings. The van der Waals surface area contributed by atoms with E-state index in [1.54, 1.807) is 0 Å². The van der Waals surface area contributed by atoms with Crippen molar-refractivity contribution in [1.29, 1.82) is 0 Å². The highest BCUT2D eigenvalue weighted by Gasteiger charge is 1.89. The van der Waals surface area contributed by atoms with Gasteiger partial charge in [-0.1, -0.05) is 26.2 Å². The highest BCUT2D eigenvalue weighted by molar-refractivity contribution is 4.92. The molecule has 0 atom stereocenters. The Morgan fingerprint density at radius 2 is 2.00 bits per heavy atom.